The molecule has 1 aromatic rings. The normalized spacial score (nSPS) is 16.4. The Labute approximate surface area is 151 Å². The van der Waals surface area contributed by atoms with E-state index in [-0.39, 0.29) is 19.7 Å². The van der Waals surface area contributed by atoms with Gasteiger partial charge in [0.15, 0.2) is 5.96 Å². The molecular formula is C18H26F3N3O2. The lowest BCUT2D eigenvalue weighted by Crippen LogP contribution is -2.42. The van der Waals surface area contributed by atoms with Gasteiger partial charge in [-0.3, -0.25) is 0 Å². The van der Waals surface area contributed by atoms with Gasteiger partial charge >= 0.3 is 6.18 Å². The Kier molecular flexibility index (Phi) is 7.71. The third kappa shape index (κ3) is 7.61. The zero-order chi connectivity index (χ0) is 19.0. The molecule has 1 fully saturated rings. The number of hydrogen-bond acceptors (Lipinski definition) is 3. The van der Waals surface area contributed by atoms with Gasteiger partial charge in [-0.05, 0) is 43.4 Å². The smallest absolute Gasteiger partial charge is 0.389 e. The van der Waals surface area contributed by atoms with Crippen molar-refractivity contribution >= 4 is 5.96 Å². The highest BCUT2D eigenvalue weighted by molar-refractivity contribution is 5.79. The number of ether oxygens (including phenoxy) is 1. The maximum Gasteiger partial charge on any atom is 0.416 e. The maximum absolute atomic E-state index is 12.8. The Bertz CT molecular complexity index is 589. The van der Waals surface area contributed by atoms with Crippen LogP contribution in [0.5, 0.6) is 0 Å². The summed E-state index contributed by atoms with van der Waals surface area (Å²) in [6, 6.07) is 5.10. The van der Waals surface area contributed by atoms with E-state index in [1.54, 1.807) is 6.07 Å². The number of aliphatic hydroxyl groups is 1. The van der Waals surface area contributed by atoms with Gasteiger partial charge in [0.1, 0.15) is 0 Å². The van der Waals surface area contributed by atoms with Gasteiger partial charge in [0, 0.05) is 19.7 Å². The molecule has 1 aromatic carbocycles. The van der Waals surface area contributed by atoms with E-state index in [0.29, 0.717) is 30.6 Å². The number of nitrogens with one attached hydrogen (secondary N) is 2. The number of halogens is 3. The number of alkyl halides is 3. The van der Waals surface area contributed by atoms with Gasteiger partial charge in [0.25, 0.3) is 0 Å². The lowest BCUT2D eigenvalue weighted by molar-refractivity contribution is -0.137. The Morgan fingerprint density at radius 3 is 2.77 bits per heavy atom. The number of benzene rings is 1. The molecule has 26 heavy (non-hydrogen) atoms. The first-order valence-electron chi connectivity index (χ1n) is 8.82. The third-order valence-corrected chi connectivity index (χ3v) is 3.88. The molecule has 5 nitrogen and oxygen atoms in total. The summed E-state index contributed by atoms with van der Waals surface area (Å²) in [6.45, 7) is 3.77. The molecule has 1 aliphatic rings. The van der Waals surface area contributed by atoms with Crippen LogP contribution in [0.25, 0.3) is 0 Å². The van der Waals surface area contributed by atoms with Gasteiger partial charge in [-0.1, -0.05) is 12.1 Å². The summed E-state index contributed by atoms with van der Waals surface area (Å²) in [4.78, 5) is 4.27. The predicted molar refractivity (Wildman–Crippen MR) is 93.8 cm³/mol. The molecule has 8 heteroatoms. The summed E-state index contributed by atoms with van der Waals surface area (Å²) in [7, 11) is 0. The van der Waals surface area contributed by atoms with Crippen molar-refractivity contribution in [1.29, 1.82) is 0 Å². The molecule has 1 unspecified atom stereocenters. The fraction of sp³-hybridized carbons (Fsp3) is 0.611. The molecule has 0 heterocycles. The molecule has 0 aromatic heterocycles. The second-order valence-electron chi connectivity index (χ2n) is 6.41. The quantitative estimate of drug-likeness (QED) is 0.460. The zero-order valence-electron chi connectivity index (χ0n) is 14.9. The van der Waals surface area contributed by atoms with Crippen LogP contribution in [-0.4, -0.2) is 43.5 Å². The van der Waals surface area contributed by atoms with Gasteiger partial charge in [-0.15, -0.1) is 0 Å². The van der Waals surface area contributed by atoms with Crippen molar-refractivity contribution in [2.45, 2.75) is 38.6 Å². The molecule has 0 saturated heterocycles. The highest BCUT2D eigenvalue weighted by Crippen LogP contribution is 2.29. The second kappa shape index (κ2) is 9.78. The van der Waals surface area contributed by atoms with Crippen molar-refractivity contribution in [3.05, 3.63) is 35.4 Å². The van der Waals surface area contributed by atoms with Crippen LogP contribution >= 0.6 is 0 Å². The SMILES string of the molecule is CCNC(=NCc1cccc(C(F)(F)F)c1)NCC(O)COCC1CC1. The standard InChI is InChI=1S/C18H26F3N3O2/c1-2-22-17(24-10-16(25)12-26-11-13-6-7-13)23-9-14-4-3-5-15(8-14)18(19,20)21/h3-5,8,13,16,25H,2,6-7,9-12H2,1H3,(H2,22,23,24). The molecule has 0 aliphatic heterocycles. The zero-order valence-corrected chi connectivity index (χ0v) is 14.9. The molecule has 1 atom stereocenters. The minimum Gasteiger partial charge on any atom is -0.389 e. The molecule has 146 valence electrons. The van der Waals surface area contributed by atoms with Crippen molar-refractivity contribution in [3.8, 4) is 0 Å². The Morgan fingerprint density at radius 1 is 1.35 bits per heavy atom. The molecule has 1 aliphatic carbocycles. The average Bonchev–Trinajstić information content (AvgIpc) is 3.41. The van der Waals surface area contributed by atoms with Crippen LogP contribution in [0, 0.1) is 5.92 Å². The van der Waals surface area contributed by atoms with Gasteiger partial charge in [-0.25, -0.2) is 4.99 Å². The number of aliphatic imine (C=N–C) groups is 1. The van der Waals surface area contributed by atoms with Crippen LogP contribution in [0.3, 0.4) is 0 Å². The number of nitrogens with zero attached hydrogens (tertiary/aromatic N) is 1. The third-order valence-electron chi connectivity index (χ3n) is 3.88. The van der Waals surface area contributed by atoms with E-state index in [2.05, 4.69) is 15.6 Å². The van der Waals surface area contributed by atoms with E-state index < -0.39 is 17.8 Å². The predicted octanol–water partition coefficient (Wildman–Crippen LogP) is 2.55. The van der Waals surface area contributed by atoms with Crippen LogP contribution in [0.1, 0.15) is 30.9 Å². The van der Waals surface area contributed by atoms with E-state index >= 15 is 0 Å². The minimum atomic E-state index is -4.37. The highest BCUT2D eigenvalue weighted by atomic mass is 19.4. The summed E-state index contributed by atoms with van der Waals surface area (Å²) in [5, 5.41) is 15.9. The monoisotopic (exact) mass is 373 g/mol. The van der Waals surface area contributed by atoms with Crippen molar-refractivity contribution < 1.29 is 23.0 Å². The molecule has 0 spiro atoms. The van der Waals surface area contributed by atoms with Gasteiger partial charge < -0.3 is 20.5 Å². The topological polar surface area (TPSA) is 65.9 Å². The first kappa shape index (κ1) is 20.5. The van der Waals surface area contributed by atoms with Crippen LogP contribution in [0.15, 0.2) is 29.3 Å². The maximum atomic E-state index is 12.8. The highest BCUT2D eigenvalue weighted by Gasteiger charge is 2.30. The van der Waals surface area contributed by atoms with Crippen LogP contribution < -0.4 is 10.6 Å². The van der Waals surface area contributed by atoms with Crippen LogP contribution in [0.2, 0.25) is 0 Å². The first-order chi connectivity index (χ1) is 12.4. The molecule has 2 rings (SSSR count). The van der Waals surface area contributed by atoms with E-state index in [1.165, 1.54) is 18.9 Å². The number of hydrogen-bond donors (Lipinski definition) is 3. The lowest BCUT2D eigenvalue weighted by Gasteiger charge is -2.15. The average molecular weight is 373 g/mol. The van der Waals surface area contributed by atoms with E-state index in [9.17, 15) is 18.3 Å². The van der Waals surface area contributed by atoms with Crippen molar-refractivity contribution in [1.82, 2.24) is 10.6 Å². The summed E-state index contributed by atoms with van der Waals surface area (Å²) in [6.07, 6.45) is -2.65. The molecular weight excluding hydrogens is 347 g/mol. The van der Waals surface area contributed by atoms with E-state index in [4.69, 9.17) is 4.74 Å². The van der Waals surface area contributed by atoms with Crippen molar-refractivity contribution in [3.63, 3.8) is 0 Å². The van der Waals surface area contributed by atoms with Crippen LogP contribution in [-0.2, 0) is 17.5 Å². The Balaban J connectivity index is 1.83. The molecule has 0 radical (unpaired) electrons. The fourth-order valence-corrected chi connectivity index (χ4v) is 2.29. The lowest BCUT2D eigenvalue weighted by atomic mass is 10.1. The summed E-state index contributed by atoms with van der Waals surface area (Å²) in [5.74, 6) is 1.08. The molecule has 3 N–H and O–H groups in total. The molecule has 0 bridgehead atoms. The first-order valence-corrected chi connectivity index (χ1v) is 8.82. The second-order valence-corrected chi connectivity index (χ2v) is 6.41. The van der Waals surface area contributed by atoms with E-state index in [1.807, 2.05) is 6.92 Å². The minimum absolute atomic E-state index is 0.105. The molecule has 0 amide bonds. The largest absolute Gasteiger partial charge is 0.416 e. The Morgan fingerprint density at radius 2 is 2.12 bits per heavy atom. The number of aliphatic hydroxyl groups excluding tert-OH is 1. The number of rotatable bonds is 9. The van der Waals surface area contributed by atoms with Gasteiger partial charge in [-0.2, -0.15) is 13.2 Å². The summed E-state index contributed by atoms with van der Waals surface area (Å²) >= 11 is 0. The van der Waals surface area contributed by atoms with E-state index in [0.717, 1.165) is 12.1 Å². The summed E-state index contributed by atoms with van der Waals surface area (Å²) < 4.78 is 43.7. The fourth-order valence-electron chi connectivity index (χ4n) is 2.29. The molecule has 1 saturated carbocycles. The van der Waals surface area contributed by atoms with Crippen molar-refractivity contribution in [2.24, 2.45) is 10.9 Å². The summed E-state index contributed by atoms with van der Waals surface area (Å²) in [5.41, 5.74) is -0.225. The van der Waals surface area contributed by atoms with Crippen molar-refractivity contribution in [2.75, 3.05) is 26.3 Å². The van der Waals surface area contributed by atoms with Gasteiger partial charge in [0.2, 0.25) is 0 Å². The van der Waals surface area contributed by atoms with Crippen LogP contribution in [0.4, 0.5) is 13.2 Å². The van der Waals surface area contributed by atoms with Gasteiger partial charge in [0.05, 0.1) is 24.8 Å². The number of guanidine groups is 1. The Hall–Kier alpha value is -1.80.